The fourth-order valence-corrected chi connectivity index (χ4v) is 4.66. The molecule has 0 fully saturated rings. The molecule has 1 heterocycles. The Morgan fingerprint density at radius 3 is 1.43 bits per heavy atom. The van der Waals surface area contributed by atoms with Crippen LogP contribution >= 0.6 is 0 Å². The molecule has 1 rings (SSSR count). The largest absolute Gasteiger partial charge is 0.477 e. The molecule has 0 saturated heterocycles. The van der Waals surface area contributed by atoms with E-state index in [-0.39, 0.29) is 17.3 Å². The van der Waals surface area contributed by atoms with Crippen molar-refractivity contribution in [2.24, 2.45) is 0 Å². The number of amides is 1. The van der Waals surface area contributed by atoms with Gasteiger partial charge in [0, 0.05) is 13.1 Å². The van der Waals surface area contributed by atoms with E-state index in [0.717, 1.165) is 25.7 Å². The van der Waals surface area contributed by atoms with Crippen LogP contribution in [0.1, 0.15) is 163 Å². The number of hydrogen-bond donors (Lipinski definition) is 2. The number of hydrogen-bond acceptors (Lipinski definition) is 3. The molecule has 6 nitrogen and oxygen atoms in total. The molecule has 0 aliphatic heterocycles. The molecular weight excluding hydrogens is 438 g/mol. The molecular formula is C29H53N3O3. The van der Waals surface area contributed by atoms with Crippen molar-refractivity contribution in [2.45, 2.75) is 142 Å². The molecule has 1 aromatic rings. The topological polar surface area (TPSA) is 86.3 Å². The molecule has 6 heteroatoms. The Labute approximate surface area is 214 Å². The van der Waals surface area contributed by atoms with Crippen LogP contribution in [0, 0.1) is 0 Å². The molecule has 35 heavy (non-hydrogen) atoms. The third-order valence-electron chi connectivity index (χ3n) is 6.91. The second-order valence-electron chi connectivity index (χ2n) is 10.1. The Morgan fingerprint density at radius 2 is 1.06 bits per heavy atom. The summed E-state index contributed by atoms with van der Waals surface area (Å²) < 4.78 is 0. The second kappa shape index (κ2) is 21.4. The highest BCUT2D eigenvalue weighted by Gasteiger charge is 2.24. The molecule has 0 aliphatic rings. The maximum Gasteiger partial charge on any atom is 0.354 e. The van der Waals surface area contributed by atoms with Crippen LogP contribution in [0.4, 0.5) is 0 Å². The van der Waals surface area contributed by atoms with Crippen molar-refractivity contribution < 1.29 is 14.7 Å². The predicted molar refractivity (Wildman–Crippen MR) is 145 cm³/mol. The monoisotopic (exact) mass is 491 g/mol. The zero-order valence-corrected chi connectivity index (χ0v) is 22.8. The first-order valence-corrected chi connectivity index (χ1v) is 14.7. The van der Waals surface area contributed by atoms with Gasteiger partial charge in [0.2, 0.25) is 0 Å². The number of carbonyl (C=O) groups is 2. The molecule has 0 aliphatic carbocycles. The number of aromatic amines is 1. The number of unbranched alkanes of at least 4 members (excludes halogenated alkanes) is 18. The standard InChI is InChI=1S/C29H53N3O3/c1-3-5-7-9-11-13-15-17-19-21-23-32(28(33)26-27(29(34)35)31-25-30-26)24-22-20-18-16-14-12-10-8-6-4-2/h25H,3-24H2,1-2H3,(H,30,31)(H,34,35). The van der Waals surface area contributed by atoms with Crippen LogP contribution in [0.15, 0.2) is 6.33 Å². The third kappa shape index (κ3) is 15.0. The molecule has 0 radical (unpaired) electrons. The van der Waals surface area contributed by atoms with Gasteiger partial charge in [-0.15, -0.1) is 0 Å². The Hall–Kier alpha value is -1.85. The number of nitrogens with one attached hydrogen (secondary N) is 1. The lowest BCUT2D eigenvalue weighted by atomic mass is 10.1. The van der Waals surface area contributed by atoms with Gasteiger partial charge in [0.15, 0.2) is 11.4 Å². The van der Waals surface area contributed by atoms with E-state index >= 15 is 0 Å². The average Bonchev–Trinajstić information content (AvgIpc) is 3.35. The highest BCUT2D eigenvalue weighted by atomic mass is 16.4. The smallest absolute Gasteiger partial charge is 0.354 e. The second-order valence-corrected chi connectivity index (χ2v) is 10.1. The van der Waals surface area contributed by atoms with Gasteiger partial charge in [-0.3, -0.25) is 4.79 Å². The minimum atomic E-state index is -1.14. The molecule has 0 spiro atoms. The Kier molecular flexibility index (Phi) is 19.1. The number of carbonyl (C=O) groups excluding carboxylic acids is 1. The summed E-state index contributed by atoms with van der Waals surface area (Å²) >= 11 is 0. The number of imidazole rings is 1. The van der Waals surface area contributed by atoms with Crippen molar-refractivity contribution in [3.8, 4) is 0 Å². The maximum atomic E-state index is 13.1. The summed E-state index contributed by atoms with van der Waals surface area (Å²) in [6.07, 6.45) is 26.4. The highest BCUT2D eigenvalue weighted by Crippen LogP contribution is 2.15. The number of carboxylic acid groups (broad SMARTS) is 1. The van der Waals surface area contributed by atoms with E-state index in [1.807, 2.05) is 4.90 Å². The van der Waals surface area contributed by atoms with Crippen molar-refractivity contribution in [3.63, 3.8) is 0 Å². The summed E-state index contributed by atoms with van der Waals surface area (Å²) in [7, 11) is 0. The van der Waals surface area contributed by atoms with Crippen molar-refractivity contribution >= 4 is 11.9 Å². The maximum absolute atomic E-state index is 13.1. The number of carboxylic acids is 1. The summed E-state index contributed by atoms with van der Waals surface area (Å²) in [4.78, 5) is 33.0. The minimum absolute atomic E-state index is 0.0386. The van der Waals surface area contributed by atoms with Gasteiger partial charge in [-0.1, -0.05) is 129 Å². The minimum Gasteiger partial charge on any atom is -0.477 e. The van der Waals surface area contributed by atoms with Crippen molar-refractivity contribution in [3.05, 3.63) is 17.7 Å². The van der Waals surface area contributed by atoms with Gasteiger partial charge in [-0.2, -0.15) is 0 Å². The van der Waals surface area contributed by atoms with Gasteiger partial charge < -0.3 is 15.0 Å². The van der Waals surface area contributed by atoms with Crippen LogP contribution in [0.2, 0.25) is 0 Å². The quantitative estimate of drug-likeness (QED) is 0.142. The SMILES string of the molecule is CCCCCCCCCCCCN(CCCCCCCCCCCC)C(=O)c1nc[nH]c1C(=O)O. The van der Waals surface area contributed by atoms with E-state index in [4.69, 9.17) is 0 Å². The number of H-pyrrole nitrogens is 1. The highest BCUT2D eigenvalue weighted by molar-refractivity contribution is 6.02. The van der Waals surface area contributed by atoms with E-state index in [2.05, 4.69) is 23.8 Å². The fraction of sp³-hybridized carbons (Fsp3) is 0.828. The lowest BCUT2D eigenvalue weighted by molar-refractivity contribution is 0.0667. The first kappa shape index (κ1) is 31.2. The zero-order valence-electron chi connectivity index (χ0n) is 22.8. The summed E-state index contributed by atoms with van der Waals surface area (Å²) in [5.74, 6) is -1.39. The summed E-state index contributed by atoms with van der Waals surface area (Å²) in [6.45, 7) is 5.86. The van der Waals surface area contributed by atoms with Crippen LogP contribution in [0.25, 0.3) is 0 Å². The van der Waals surface area contributed by atoms with E-state index in [9.17, 15) is 14.7 Å². The van der Waals surface area contributed by atoms with Gasteiger partial charge in [0.25, 0.3) is 5.91 Å². The molecule has 0 unspecified atom stereocenters. The third-order valence-corrected chi connectivity index (χ3v) is 6.91. The van der Waals surface area contributed by atoms with Crippen LogP contribution in [0.3, 0.4) is 0 Å². The van der Waals surface area contributed by atoms with Gasteiger partial charge in [0.1, 0.15) is 0 Å². The summed E-state index contributed by atoms with van der Waals surface area (Å²) in [5.41, 5.74) is -0.0668. The first-order chi connectivity index (χ1) is 17.1. The molecule has 0 aromatic carbocycles. The predicted octanol–water partition coefficient (Wildman–Crippen LogP) is 8.39. The molecule has 1 amide bonds. The van der Waals surface area contributed by atoms with E-state index < -0.39 is 5.97 Å². The Bertz CT molecular complexity index is 635. The molecule has 0 bridgehead atoms. The molecule has 0 atom stereocenters. The van der Waals surface area contributed by atoms with Gasteiger partial charge in [-0.05, 0) is 12.8 Å². The normalized spacial score (nSPS) is 11.1. The molecule has 0 saturated carbocycles. The lowest BCUT2D eigenvalue weighted by Gasteiger charge is -2.22. The fourth-order valence-electron chi connectivity index (χ4n) is 4.66. The van der Waals surface area contributed by atoms with E-state index in [1.165, 1.54) is 109 Å². The average molecular weight is 492 g/mol. The van der Waals surface area contributed by atoms with Gasteiger partial charge in [-0.25, -0.2) is 9.78 Å². The molecule has 1 aromatic heterocycles. The number of aromatic carboxylic acids is 1. The summed E-state index contributed by atoms with van der Waals surface area (Å²) in [6, 6.07) is 0. The van der Waals surface area contributed by atoms with E-state index in [0.29, 0.717) is 13.1 Å². The number of aromatic nitrogens is 2. The van der Waals surface area contributed by atoms with Crippen LogP contribution in [-0.2, 0) is 0 Å². The first-order valence-electron chi connectivity index (χ1n) is 14.7. The van der Waals surface area contributed by atoms with Crippen LogP contribution in [-0.4, -0.2) is 44.9 Å². The van der Waals surface area contributed by atoms with Crippen molar-refractivity contribution in [1.82, 2.24) is 14.9 Å². The van der Waals surface area contributed by atoms with Crippen molar-refractivity contribution in [1.29, 1.82) is 0 Å². The van der Waals surface area contributed by atoms with Crippen LogP contribution in [0.5, 0.6) is 0 Å². The number of rotatable bonds is 24. The van der Waals surface area contributed by atoms with Gasteiger partial charge >= 0.3 is 5.97 Å². The van der Waals surface area contributed by atoms with E-state index in [1.54, 1.807) is 0 Å². The van der Waals surface area contributed by atoms with Crippen molar-refractivity contribution in [2.75, 3.05) is 13.1 Å². The Morgan fingerprint density at radius 1 is 0.686 bits per heavy atom. The molecule has 202 valence electrons. The molecule has 2 N–H and O–H groups in total. The van der Waals surface area contributed by atoms with Gasteiger partial charge in [0.05, 0.1) is 6.33 Å². The summed E-state index contributed by atoms with van der Waals surface area (Å²) in [5, 5.41) is 9.37. The number of nitrogens with zero attached hydrogens (tertiary/aromatic N) is 2. The van der Waals surface area contributed by atoms with Crippen LogP contribution < -0.4 is 0 Å². The Balaban J connectivity index is 2.35. The lowest BCUT2D eigenvalue weighted by Crippen LogP contribution is -2.34. The zero-order chi connectivity index (χ0) is 25.6.